The van der Waals surface area contributed by atoms with E-state index in [1.807, 2.05) is 26.0 Å². The molecule has 0 radical (unpaired) electrons. The molecule has 1 N–H and O–H groups in total. The Bertz CT molecular complexity index is 1120. The number of carbonyl (C=O) groups is 1. The number of hydrogen-bond acceptors (Lipinski definition) is 5. The van der Waals surface area contributed by atoms with Crippen LogP contribution < -0.4 is 0 Å². The van der Waals surface area contributed by atoms with Gasteiger partial charge in [-0.3, -0.25) is 4.79 Å². The summed E-state index contributed by atoms with van der Waals surface area (Å²) < 4.78 is 7.21. The van der Waals surface area contributed by atoms with Crippen LogP contribution >= 0.6 is 11.6 Å². The highest BCUT2D eigenvalue weighted by molar-refractivity contribution is 6.31. The normalized spacial score (nSPS) is 32.6. The van der Waals surface area contributed by atoms with Crippen LogP contribution in [0.2, 0.25) is 5.02 Å². The lowest BCUT2D eigenvalue weighted by molar-refractivity contribution is -0.130. The summed E-state index contributed by atoms with van der Waals surface area (Å²) in [6, 6.07) is 5.55. The molecule has 1 aromatic heterocycles. The highest BCUT2D eigenvalue weighted by Gasteiger charge is 2.56. The molecule has 5 rings (SSSR count). The molecule has 0 spiro atoms. The van der Waals surface area contributed by atoms with E-state index in [2.05, 4.69) is 17.2 Å². The van der Waals surface area contributed by atoms with Crippen LogP contribution in [0, 0.1) is 35.0 Å². The molecule has 3 aliphatic rings. The number of benzene rings is 1. The second-order valence-electron chi connectivity index (χ2n) is 13.1. The number of rotatable bonds is 11. The third-order valence-corrected chi connectivity index (χ3v) is 10.7. The third-order valence-electron chi connectivity index (χ3n) is 10.5. The van der Waals surface area contributed by atoms with Gasteiger partial charge in [-0.25, -0.2) is 4.68 Å². The molecule has 0 amide bonds. The van der Waals surface area contributed by atoms with Crippen LogP contribution in [-0.4, -0.2) is 44.7 Å². The number of carbonyl (C=O) groups excluding carboxylic acids is 1. The molecule has 7 atom stereocenters. The number of nitrogens with zero attached hydrogens (tertiary/aromatic N) is 3. The fraction of sp³-hybridized carbons (Fsp3) is 0.774. The standard InChI is InChI=1S/C31H46ClN3O3/c1-4-38-16-6-5-14-30(2,37)19-21-7-9-24-22(17-21)13-15-31(3)25(24)10-11-26(31)29(36)20-35-28-12-8-23(32)18-27(28)33-34-35/h8,12,18,21-22,24-26,37H,4-7,9-11,13-17,19-20H2,1-3H3/t21-,22-,24-,25+,26-,30-,31+/m1/s1. The first-order valence-electron chi connectivity index (χ1n) is 15.0. The molecule has 0 aliphatic heterocycles. The number of aromatic nitrogens is 3. The second-order valence-corrected chi connectivity index (χ2v) is 13.5. The highest BCUT2D eigenvalue weighted by atomic mass is 35.5. The van der Waals surface area contributed by atoms with Crippen molar-refractivity contribution in [1.82, 2.24) is 15.0 Å². The monoisotopic (exact) mass is 543 g/mol. The van der Waals surface area contributed by atoms with E-state index in [0.29, 0.717) is 29.2 Å². The van der Waals surface area contributed by atoms with E-state index in [9.17, 15) is 9.90 Å². The van der Waals surface area contributed by atoms with Gasteiger partial charge in [0.25, 0.3) is 0 Å². The van der Waals surface area contributed by atoms with E-state index in [0.717, 1.165) is 74.6 Å². The summed E-state index contributed by atoms with van der Waals surface area (Å²) in [5.41, 5.74) is 1.13. The fourth-order valence-corrected chi connectivity index (χ4v) is 8.85. The molecule has 38 heavy (non-hydrogen) atoms. The van der Waals surface area contributed by atoms with Gasteiger partial charge in [-0.15, -0.1) is 5.10 Å². The Morgan fingerprint density at radius 1 is 1.24 bits per heavy atom. The zero-order valence-electron chi connectivity index (χ0n) is 23.5. The Morgan fingerprint density at radius 2 is 2.08 bits per heavy atom. The highest BCUT2D eigenvalue weighted by Crippen LogP contribution is 2.62. The van der Waals surface area contributed by atoms with Gasteiger partial charge >= 0.3 is 0 Å². The summed E-state index contributed by atoms with van der Waals surface area (Å²) in [7, 11) is 0. The first-order chi connectivity index (χ1) is 18.2. The molecule has 6 nitrogen and oxygen atoms in total. The van der Waals surface area contributed by atoms with Gasteiger partial charge in [-0.05, 0) is 125 Å². The van der Waals surface area contributed by atoms with Gasteiger partial charge in [0.15, 0.2) is 5.78 Å². The average Bonchev–Trinajstić information content (AvgIpc) is 3.43. The van der Waals surface area contributed by atoms with Crippen molar-refractivity contribution < 1.29 is 14.6 Å². The predicted octanol–water partition coefficient (Wildman–Crippen LogP) is 6.86. The zero-order valence-corrected chi connectivity index (χ0v) is 24.3. The number of unbranched alkanes of at least 4 members (excludes halogenated alkanes) is 1. The molecular formula is C31H46ClN3O3. The molecule has 0 saturated heterocycles. The first-order valence-corrected chi connectivity index (χ1v) is 15.4. The molecule has 2 aromatic rings. The molecule has 3 saturated carbocycles. The minimum Gasteiger partial charge on any atom is -0.390 e. The smallest absolute Gasteiger partial charge is 0.157 e. The number of ketones is 1. The topological polar surface area (TPSA) is 77.2 Å². The summed E-state index contributed by atoms with van der Waals surface area (Å²) in [5, 5.41) is 20.2. The van der Waals surface area contributed by atoms with Crippen molar-refractivity contribution in [1.29, 1.82) is 0 Å². The SMILES string of the molecule is CCOCCCC[C@@](C)(O)C[C@@H]1CC[C@@H]2[C@H](CC[C@]3(C)[C@@H](C(=O)Cn4nnc5cc(Cl)ccc54)CC[C@@H]23)C1. The zero-order chi connectivity index (χ0) is 26.9. The van der Waals surface area contributed by atoms with E-state index in [1.165, 1.54) is 32.1 Å². The van der Waals surface area contributed by atoms with Gasteiger partial charge in [0.1, 0.15) is 12.1 Å². The molecule has 210 valence electrons. The van der Waals surface area contributed by atoms with Crippen LogP contribution in [0.15, 0.2) is 18.2 Å². The van der Waals surface area contributed by atoms with Crippen molar-refractivity contribution in [3.63, 3.8) is 0 Å². The molecule has 1 aromatic carbocycles. The summed E-state index contributed by atoms with van der Waals surface area (Å²) in [6.45, 7) is 8.33. The summed E-state index contributed by atoms with van der Waals surface area (Å²) >= 11 is 6.10. The Morgan fingerprint density at radius 3 is 2.89 bits per heavy atom. The van der Waals surface area contributed by atoms with Gasteiger partial charge in [-0.2, -0.15) is 0 Å². The largest absolute Gasteiger partial charge is 0.390 e. The van der Waals surface area contributed by atoms with Crippen molar-refractivity contribution in [2.24, 2.45) is 35.0 Å². The molecule has 0 bridgehead atoms. The van der Waals surface area contributed by atoms with Gasteiger partial charge < -0.3 is 9.84 Å². The Balaban J connectivity index is 1.17. The Hall–Kier alpha value is -1.50. The molecule has 3 aliphatic carbocycles. The number of ether oxygens (including phenoxy) is 1. The van der Waals surface area contributed by atoms with Gasteiger partial charge in [0.05, 0.1) is 11.1 Å². The molecule has 0 unspecified atom stereocenters. The van der Waals surface area contributed by atoms with Crippen LogP contribution in [-0.2, 0) is 16.1 Å². The van der Waals surface area contributed by atoms with Gasteiger partial charge in [0, 0.05) is 24.2 Å². The minimum absolute atomic E-state index is 0.0941. The second kappa shape index (κ2) is 11.5. The summed E-state index contributed by atoms with van der Waals surface area (Å²) in [5.74, 6) is 3.16. The lowest BCUT2D eigenvalue weighted by Gasteiger charge is -2.52. The molecule has 1 heterocycles. The number of fused-ring (bicyclic) bond motifs is 4. The van der Waals surface area contributed by atoms with E-state index in [4.69, 9.17) is 16.3 Å². The van der Waals surface area contributed by atoms with Crippen molar-refractivity contribution in [3.05, 3.63) is 23.2 Å². The maximum Gasteiger partial charge on any atom is 0.157 e. The van der Waals surface area contributed by atoms with Crippen LogP contribution in [0.1, 0.15) is 91.4 Å². The molecule has 3 fully saturated rings. The number of aliphatic hydroxyl groups is 1. The van der Waals surface area contributed by atoms with Crippen molar-refractivity contribution in [3.8, 4) is 0 Å². The molecular weight excluding hydrogens is 498 g/mol. The van der Waals surface area contributed by atoms with Gasteiger partial charge in [0.2, 0.25) is 0 Å². The lowest BCUT2D eigenvalue weighted by Crippen LogP contribution is -2.46. The van der Waals surface area contributed by atoms with E-state index < -0.39 is 5.60 Å². The van der Waals surface area contributed by atoms with Crippen LogP contribution in [0.5, 0.6) is 0 Å². The third kappa shape index (κ3) is 5.83. The van der Waals surface area contributed by atoms with E-state index >= 15 is 0 Å². The first kappa shape index (κ1) is 28.0. The quantitative estimate of drug-likeness (QED) is 0.313. The Kier molecular flexibility index (Phi) is 8.52. The van der Waals surface area contributed by atoms with E-state index in [-0.39, 0.29) is 11.3 Å². The summed E-state index contributed by atoms with van der Waals surface area (Å²) in [6.07, 6.45) is 12.1. The maximum absolute atomic E-state index is 13.6. The number of Topliss-reactive ketones (excluding diaryl/α,β-unsaturated/α-hetero) is 1. The van der Waals surface area contributed by atoms with Gasteiger partial charge in [-0.1, -0.05) is 30.2 Å². The number of halogens is 1. The van der Waals surface area contributed by atoms with Crippen LogP contribution in [0.4, 0.5) is 0 Å². The van der Waals surface area contributed by atoms with Crippen molar-refractivity contribution in [2.75, 3.05) is 13.2 Å². The molecule has 7 heteroatoms. The fourth-order valence-electron chi connectivity index (χ4n) is 8.68. The Labute approximate surface area is 232 Å². The van der Waals surface area contributed by atoms with E-state index in [1.54, 1.807) is 10.7 Å². The van der Waals surface area contributed by atoms with Crippen LogP contribution in [0.3, 0.4) is 0 Å². The lowest BCUT2D eigenvalue weighted by atomic mass is 9.53. The summed E-state index contributed by atoms with van der Waals surface area (Å²) in [4.78, 5) is 13.6. The van der Waals surface area contributed by atoms with Crippen molar-refractivity contribution >= 4 is 28.4 Å². The van der Waals surface area contributed by atoms with Crippen molar-refractivity contribution in [2.45, 2.75) is 104 Å². The average molecular weight is 544 g/mol. The minimum atomic E-state index is -0.575. The predicted molar refractivity (Wildman–Crippen MR) is 151 cm³/mol. The van der Waals surface area contributed by atoms with Crippen LogP contribution in [0.25, 0.3) is 11.0 Å². The number of hydrogen-bond donors (Lipinski definition) is 1. The maximum atomic E-state index is 13.6.